The first-order chi connectivity index (χ1) is 30.6. The van der Waals surface area contributed by atoms with Gasteiger partial charge in [0.25, 0.3) is 0 Å². The molecule has 0 saturated carbocycles. The molecule has 0 amide bonds. The molecular weight excluding hydrogens is 781 g/mol. The van der Waals surface area contributed by atoms with Crippen molar-refractivity contribution < 1.29 is 29.7 Å². The molecule has 0 bridgehead atoms. The van der Waals surface area contributed by atoms with Gasteiger partial charge in [-0.1, -0.05) is 225 Å². The topological polar surface area (TPSA) is 112 Å². The largest absolute Gasteiger partial charge is 0.481 e. The number of aliphatic carboxylic acids is 3. The van der Waals surface area contributed by atoms with Crippen LogP contribution in [0.5, 0.6) is 0 Å². The fourth-order valence-corrected chi connectivity index (χ4v) is 7.69. The third-order valence-corrected chi connectivity index (χ3v) is 12.0. The Labute approximate surface area is 392 Å². The minimum Gasteiger partial charge on any atom is -0.481 e. The lowest BCUT2D eigenvalue weighted by Gasteiger charge is -2.15. The fraction of sp³-hybridized carbons (Fsp3) is 0.842. The van der Waals surface area contributed by atoms with Gasteiger partial charge in [-0.15, -0.1) is 0 Å². The SMILES string of the molecule is CCCCCCCC/C=C\CCCCCCC(C(=O)O)C(C)C.CCCCCCCC/C=C\CCCCCCCC(=O)O.CCCCCCCC/C=C\CCCCCCCC(=O)O. The Morgan fingerprint density at radius 2 is 0.556 bits per heavy atom. The Hall–Kier alpha value is -2.37. The Bertz CT molecular complexity index is 964. The molecule has 372 valence electrons. The number of hydrogen-bond acceptors (Lipinski definition) is 3. The Morgan fingerprint density at radius 1 is 0.333 bits per heavy atom. The van der Waals surface area contributed by atoms with Crippen LogP contribution >= 0.6 is 0 Å². The van der Waals surface area contributed by atoms with Gasteiger partial charge in [0.15, 0.2) is 0 Å². The van der Waals surface area contributed by atoms with E-state index in [9.17, 15) is 14.4 Å². The molecule has 1 unspecified atom stereocenters. The van der Waals surface area contributed by atoms with Crippen LogP contribution in [0, 0.1) is 11.8 Å². The van der Waals surface area contributed by atoms with Crippen LogP contribution < -0.4 is 0 Å². The predicted molar refractivity (Wildman–Crippen MR) is 275 cm³/mol. The number of unbranched alkanes of at least 4 members (excludes halogenated alkanes) is 32. The van der Waals surface area contributed by atoms with E-state index < -0.39 is 17.9 Å². The highest BCUT2D eigenvalue weighted by atomic mass is 16.4. The highest BCUT2D eigenvalue weighted by Crippen LogP contribution is 2.20. The van der Waals surface area contributed by atoms with Crippen molar-refractivity contribution in [2.45, 2.75) is 298 Å². The zero-order valence-corrected chi connectivity index (χ0v) is 42.7. The molecule has 0 aromatic rings. The monoisotopic (exact) mass is 889 g/mol. The van der Waals surface area contributed by atoms with Gasteiger partial charge in [0.05, 0.1) is 5.92 Å². The molecular formula is C57H108O6. The second-order valence-electron chi connectivity index (χ2n) is 18.7. The van der Waals surface area contributed by atoms with Crippen molar-refractivity contribution in [2.24, 2.45) is 11.8 Å². The summed E-state index contributed by atoms with van der Waals surface area (Å²) in [6.07, 6.45) is 63.3. The lowest BCUT2D eigenvalue weighted by Crippen LogP contribution is -2.19. The van der Waals surface area contributed by atoms with E-state index in [-0.39, 0.29) is 11.8 Å². The summed E-state index contributed by atoms with van der Waals surface area (Å²) in [4.78, 5) is 31.7. The Kier molecular flexibility index (Phi) is 59.4. The summed E-state index contributed by atoms with van der Waals surface area (Å²) in [5.74, 6) is -1.87. The minimum atomic E-state index is -0.664. The van der Waals surface area contributed by atoms with Crippen molar-refractivity contribution in [3.63, 3.8) is 0 Å². The van der Waals surface area contributed by atoms with Crippen molar-refractivity contribution in [3.8, 4) is 0 Å². The molecule has 0 aromatic carbocycles. The first kappa shape index (κ1) is 64.9. The van der Waals surface area contributed by atoms with E-state index in [0.29, 0.717) is 12.8 Å². The smallest absolute Gasteiger partial charge is 0.306 e. The van der Waals surface area contributed by atoms with Gasteiger partial charge in [-0.05, 0) is 102 Å². The van der Waals surface area contributed by atoms with E-state index in [1.807, 2.05) is 13.8 Å². The Morgan fingerprint density at radius 3 is 0.778 bits per heavy atom. The van der Waals surface area contributed by atoms with Gasteiger partial charge in [-0.2, -0.15) is 0 Å². The van der Waals surface area contributed by atoms with Crippen molar-refractivity contribution in [1.29, 1.82) is 0 Å². The number of allylic oxidation sites excluding steroid dienone is 6. The van der Waals surface area contributed by atoms with Crippen LogP contribution in [0.25, 0.3) is 0 Å². The van der Waals surface area contributed by atoms with Crippen molar-refractivity contribution in [1.82, 2.24) is 0 Å². The summed E-state index contributed by atoms with van der Waals surface area (Å²) >= 11 is 0. The molecule has 0 aromatic heterocycles. The highest BCUT2D eigenvalue weighted by Gasteiger charge is 2.20. The van der Waals surface area contributed by atoms with E-state index in [1.165, 1.54) is 212 Å². The average molecular weight is 889 g/mol. The van der Waals surface area contributed by atoms with Crippen molar-refractivity contribution in [3.05, 3.63) is 36.5 Å². The van der Waals surface area contributed by atoms with Crippen LogP contribution in [0.1, 0.15) is 298 Å². The first-order valence-corrected chi connectivity index (χ1v) is 27.2. The van der Waals surface area contributed by atoms with E-state index in [2.05, 4.69) is 57.2 Å². The lowest BCUT2D eigenvalue weighted by atomic mass is 9.90. The van der Waals surface area contributed by atoms with Gasteiger partial charge in [0.2, 0.25) is 0 Å². The van der Waals surface area contributed by atoms with Crippen LogP contribution in [0.15, 0.2) is 36.5 Å². The molecule has 3 N–H and O–H groups in total. The van der Waals surface area contributed by atoms with Crippen LogP contribution in [0.2, 0.25) is 0 Å². The Balaban J connectivity index is -0.000000860. The molecule has 0 spiro atoms. The summed E-state index contributed by atoms with van der Waals surface area (Å²) in [6.45, 7) is 10.8. The number of carboxylic acids is 3. The lowest BCUT2D eigenvalue weighted by molar-refractivity contribution is -0.143. The molecule has 0 aliphatic carbocycles. The molecule has 1 atom stereocenters. The quantitative estimate of drug-likeness (QED) is 0.0415. The molecule has 0 rings (SSSR count). The molecule has 0 radical (unpaired) electrons. The summed E-state index contributed by atoms with van der Waals surface area (Å²) in [5.41, 5.74) is 0. The molecule has 6 heteroatoms. The fourth-order valence-electron chi connectivity index (χ4n) is 7.69. The van der Waals surface area contributed by atoms with Gasteiger partial charge in [0.1, 0.15) is 0 Å². The second-order valence-corrected chi connectivity index (χ2v) is 18.7. The normalized spacial score (nSPS) is 11.9. The summed E-state index contributed by atoms with van der Waals surface area (Å²) < 4.78 is 0. The molecule has 0 saturated heterocycles. The molecule has 0 heterocycles. The predicted octanol–water partition coefficient (Wildman–Crippen LogP) is 19.2. The van der Waals surface area contributed by atoms with E-state index >= 15 is 0 Å². The van der Waals surface area contributed by atoms with Gasteiger partial charge < -0.3 is 15.3 Å². The van der Waals surface area contributed by atoms with Crippen LogP contribution in [0.4, 0.5) is 0 Å². The third kappa shape index (κ3) is 64.0. The zero-order chi connectivity index (χ0) is 47.1. The van der Waals surface area contributed by atoms with Gasteiger partial charge in [-0.3, -0.25) is 14.4 Å². The van der Waals surface area contributed by atoms with E-state index in [4.69, 9.17) is 15.3 Å². The van der Waals surface area contributed by atoms with Crippen LogP contribution in [-0.4, -0.2) is 33.2 Å². The van der Waals surface area contributed by atoms with E-state index in [0.717, 1.165) is 38.5 Å². The van der Waals surface area contributed by atoms with Crippen LogP contribution in [0.3, 0.4) is 0 Å². The zero-order valence-electron chi connectivity index (χ0n) is 42.7. The maximum atomic E-state index is 11.1. The van der Waals surface area contributed by atoms with Crippen molar-refractivity contribution in [2.75, 3.05) is 0 Å². The molecule has 0 fully saturated rings. The molecule has 0 aliphatic heterocycles. The van der Waals surface area contributed by atoms with Crippen molar-refractivity contribution >= 4 is 17.9 Å². The average Bonchev–Trinajstić information content (AvgIpc) is 3.25. The summed E-state index contributed by atoms with van der Waals surface area (Å²) in [6, 6.07) is 0. The maximum absolute atomic E-state index is 11.1. The number of rotatable bonds is 46. The molecule has 63 heavy (non-hydrogen) atoms. The maximum Gasteiger partial charge on any atom is 0.306 e. The molecule has 0 aliphatic rings. The first-order valence-electron chi connectivity index (χ1n) is 27.2. The standard InChI is InChI=1S/C21H40O2.2C18H34O2/c1-4-5-6-7-8-9-10-11-12-13-14-15-16-17-18-20(19(2)3)21(22)23;2*1-2-3-4-5-6-7-8-9-10-11-12-13-14-15-16-17-18(19)20/h11-12,19-20H,4-10,13-18H2,1-3H3,(H,22,23);2*9-10H,2-8,11-17H2,1H3,(H,19,20)/b12-11-;2*10-9-. The van der Waals surface area contributed by atoms with Gasteiger partial charge >= 0.3 is 17.9 Å². The van der Waals surface area contributed by atoms with E-state index in [1.54, 1.807) is 0 Å². The summed E-state index contributed by atoms with van der Waals surface area (Å²) in [7, 11) is 0. The number of carbonyl (C=O) groups is 3. The summed E-state index contributed by atoms with van der Waals surface area (Å²) in [5, 5.41) is 26.2. The number of carboxylic acid groups (broad SMARTS) is 3. The van der Waals surface area contributed by atoms with Crippen LogP contribution in [-0.2, 0) is 14.4 Å². The van der Waals surface area contributed by atoms with Gasteiger partial charge in [-0.25, -0.2) is 0 Å². The third-order valence-electron chi connectivity index (χ3n) is 12.0. The van der Waals surface area contributed by atoms with Gasteiger partial charge in [0, 0.05) is 12.8 Å². The molecule has 6 nitrogen and oxygen atoms in total. The second kappa shape index (κ2) is 57.6. The minimum absolute atomic E-state index is 0.160. The number of hydrogen-bond donors (Lipinski definition) is 3. The highest BCUT2D eigenvalue weighted by molar-refractivity contribution is 5.70.